The number of hydrogen-bond donors (Lipinski definition) is 0. The van der Waals surface area contributed by atoms with Gasteiger partial charge in [-0.25, -0.2) is 4.98 Å². The van der Waals surface area contributed by atoms with Crippen LogP contribution in [-0.2, 0) is 6.54 Å². The maximum Gasteiger partial charge on any atom is 0.0951 e. The minimum absolute atomic E-state index is 0.436. The van der Waals surface area contributed by atoms with Crippen molar-refractivity contribution in [2.45, 2.75) is 26.4 Å². The van der Waals surface area contributed by atoms with Gasteiger partial charge in [0.15, 0.2) is 0 Å². The summed E-state index contributed by atoms with van der Waals surface area (Å²) in [5.41, 5.74) is 2.47. The lowest BCUT2D eigenvalue weighted by Gasteiger charge is -2.13. The molecular weight excluding hydrogens is 302 g/mol. The van der Waals surface area contributed by atoms with Crippen molar-refractivity contribution >= 4 is 26.8 Å². The van der Waals surface area contributed by atoms with E-state index in [1.807, 2.05) is 12.5 Å². The lowest BCUT2D eigenvalue weighted by atomic mass is 10.2. The van der Waals surface area contributed by atoms with Crippen LogP contribution in [0.5, 0.6) is 0 Å². The molecule has 19 heavy (non-hydrogen) atoms. The molecule has 0 aliphatic heterocycles. The zero-order valence-corrected chi connectivity index (χ0v) is 12.6. The number of halogens is 1. The van der Waals surface area contributed by atoms with Crippen molar-refractivity contribution in [2.75, 3.05) is 0 Å². The van der Waals surface area contributed by atoms with Crippen LogP contribution >= 0.6 is 15.9 Å². The van der Waals surface area contributed by atoms with Crippen molar-refractivity contribution in [3.63, 3.8) is 0 Å². The summed E-state index contributed by atoms with van der Waals surface area (Å²) in [6.07, 6.45) is 5.98. The third kappa shape index (κ3) is 2.21. The highest BCUT2D eigenvalue weighted by Gasteiger charge is 2.08. The topological polar surface area (TPSA) is 22.8 Å². The smallest absolute Gasteiger partial charge is 0.0951 e. The van der Waals surface area contributed by atoms with Crippen LogP contribution < -0.4 is 0 Å². The van der Waals surface area contributed by atoms with E-state index in [0.717, 1.165) is 11.0 Å². The zero-order valence-electron chi connectivity index (χ0n) is 11.0. The third-order valence-electron chi connectivity index (χ3n) is 3.40. The van der Waals surface area contributed by atoms with Gasteiger partial charge in [0.2, 0.25) is 0 Å². The highest BCUT2D eigenvalue weighted by atomic mass is 79.9. The number of benzene rings is 1. The van der Waals surface area contributed by atoms with E-state index in [0.29, 0.717) is 6.04 Å². The summed E-state index contributed by atoms with van der Waals surface area (Å²) in [6, 6.07) is 8.88. The van der Waals surface area contributed by atoms with Gasteiger partial charge < -0.3 is 9.13 Å². The van der Waals surface area contributed by atoms with Gasteiger partial charge in [-0.3, -0.25) is 0 Å². The maximum absolute atomic E-state index is 4.26. The molecule has 0 saturated heterocycles. The van der Waals surface area contributed by atoms with E-state index in [9.17, 15) is 0 Å². The van der Waals surface area contributed by atoms with E-state index in [4.69, 9.17) is 0 Å². The Kier molecular flexibility index (Phi) is 3.19. The summed E-state index contributed by atoms with van der Waals surface area (Å²) in [4.78, 5) is 4.26. The highest BCUT2D eigenvalue weighted by molar-refractivity contribution is 9.10. The first-order valence-corrected chi connectivity index (χ1v) is 7.20. The molecule has 0 aliphatic carbocycles. The standard InChI is InChI=1S/C15H16BrN3/c1-11(2)19-10-17-8-12(19)9-18-7-6-13-14(16)4-3-5-15(13)18/h3-8,10-11H,9H2,1-2H3. The van der Waals surface area contributed by atoms with Crippen LogP contribution in [-0.4, -0.2) is 14.1 Å². The lowest BCUT2D eigenvalue weighted by Crippen LogP contribution is -2.08. The number of imidazole rings is 1. The van der Waals surface area contributed by atoms with Crippen LogP contribution in [0.25, 0.3) is 10.9 Å². The van der Waals surface area contributed by atoms with Gasteiger partial charge in [0.05, 0.1) is 18.6 Å². The van der Waals surface area contributed by atoms with Crippen molar-refractivity contribution < 1.29 is 0 Å². The summed E-state index contributed by atoms with van der Waals surface area (Å²) in [5.74, 6) is 0. The first kappa shape index (κ1) is 12.5. The second-order valence-corrected chi connectivity index (χ2v) is 5.86. The first-order valence-electron chi connectivity index (χ1n) is 6.41. The van der Waals surface area contributed by atoms with Gasteiger partial charge in [-0.2, -0.15) is 0 Å². The fraction of sp³-hybridized carbons (Fsp3) is 0.267. The van der Waals surface area contributed by atoms with Crippen LogP contribution in [0, 0.1) is 0 Å². The molecule has 0 N–H and O–H groups in total. The molecule has 2 heterocycles. The molecule has 1 aromatic carbocycles. The minimum atomic E-state index is 0.436. The van der Waals surface area contributed by atoms with Crippen molar-refractivity contribution in [1.29, 1.82) is 0 Å². The van der Waals surface area contributed by atoms with E-state index >= 15 is 0 Å². The number of rotatable bonds is 3. The van der Waals surface area contributed by atoms with Crippen molar-refractivity contribution in [3.05, 3.63) is 53.2 Å². The monoisotopic (exact) mass is 317 g/mol. The molecule has 2 aromatic heterocycles. The fourth-order valence-electron chi connectivity index (χ4n) is 2.42. The SMILES string of the molecule is CC(C)n1cncc1Cn1ccc2c(Br)cccc21. The molecule has 0 atom stereocenters. The zero-order chi connectivity index (χ0) is 13.4. The second-order valence-electron chi connectivity index (χ2n) is 5.00. The van der Waals surface area contributed by atoms with Gasteiger partial charge in [-0.05, 0) is 32.0 Å². The molecule has 0 radical (unpaired) electrons. The first-order chi connectivity index (χ1) is 9.16. The van der Waals surface area contributed by atoms with Crippen LogP contribution in [0.4, 0.5) is 0 Å². The van der Waals surface area contributed by atoms with Crippen molar-refractivity contribution in [2.24, 2.45) is 0 Å². The molecule has 3 nitrogen and oxygen atoms in total. The summed E-state index contributed by atoms with van der Waals surface area (Å²) in [5, 5.41) is 1.25. The Hall–Kier alpha value is -1.55. The second kappa shape index (κ2) is 4.85. The van der Waals surface area contributed by atoms with Crippen molar-refractivity contribution in [1.82, 2.24) is 14.1 Å². The molecule has 0 unspecified atom stereocenters. The Morgan fingerprint density at radius 3 is 2.89 bits per heavy atom. The van der Waals surface area contributed by atoms with E-state index in [1.54, 1.807) is 0 Å². The number of fused-ring (bicyclic) bond motifs is 1. The number of hydrogen-bond acceptors (Lipinski definition) is 1. The van der Waals surface area contributed by atoms with Crippen LogP contribution in [0.15, 0.2) is 47.5 Å². The predicted molar refractivity (Wildman–Crippen MR) is 81.4 cm³/mol. The molecule has 0 spiro atoms. The molecule has 4 heteroatoms. The predicted octanol–water partition coefficient (Wildman–Crippen LogP) is 4.23. The Balaban J connectivity index is 2.02. The normalized spacial score (nSPS) is 11.6. The Labute approximate surface area is 121 Å². The molecule has 3 rings (SSSR count). The summed E-state index contributed by atoms with van der Waals surface area (Å²) in [6.45, 7) is 5.20. The van der Waals surface area contributed by atoms with E-state index in [1.165, 1.54) is 16.6 Å². The van der Waals surface area contributed by atoms with E-state index in [2.05, 4.69) is 74.4 Å². The van der Waals surface area contributed by atoms with Gasteiger partial charge in [0, 0.05) is 33.8 Å². The molecule has 0 fully saturated rings. The Morgan fingerprint density at radius 2 is 2.11 bits per heavy atom. The lowest BCUT2D eigenvalue weighted by molar-refractivity contribution is 0.564. The summed E-state index contributed by atoms with van der Waals surface area (Å²) < 4.78 is 5.61. The molecule has 0 aliphatic rings. The maximum atomic E-state index is 4.26. The minimum Gasteiger partial charge on any atom is -0.341 e. The van der Waals surface area contributed by atoms with E-state index < -0.39 is 0 Å². The van der Waals surface area contributed by atoms with Crippen molar-refractivity contribution in [3.8, 4) is 0 Å². The van der Waals surface area contributed by atoms with E-state index in [-0.39, 0.29) is 0 Å². The molecule has 0 saturated carbocycles. The van der Waals surface area contributed by atoms with Gasteiger partial charge in [-0.1, -0.05) is 22.0 Å². The molecule has 0 amide bonds. The third-order valence-corrected chi connectivity index (χ3v) is 4.09. The number of aromatic nitrogens is 3. The largest absolute Gasteiger partial charge is 0.341 e. The molecule has 98 valence electrons. The van der Waals surface area contributed by atoms with Gasteiger partial charge >= 0.3 is 0 Å². The van der Waals surface area contributed by atoms with Crippen LogP contribution in [0.2, 0.25) is 0 Å². The molecule has 3 aromatic rings. The average molecular weight is 318 g/mol. The molecular formula is C15H16BrN3. The highest BCUT2D eigenvalue weighted by Crippen LogP contribution is 2.25. The van der Waals surface area contributed by atoms with Gasteiger partial charge in [0.1, 0.15) is 0 Å². The van der Waals surface area contributed by atoms with Crippen LogP contribution in [0.3, 0.4) is 0 Å². The molecule has 0 bridgehead atoms. The quantitative estimate of drug-likeness (QED) is 0.708. The Bertz CT molecular complexity index is 709. The number of nitrogens with zero attached hydrogens (tertiary/aromatic N) is 3. The van der Waals surface area contributed by atoms with Gasteiger partial charge in [0.25, 0.3) is 0 Å². The summed E-state index contributed by atoms with van der Waals surface area (Å²) in [7, 11) is 0. The fourth-order valence-corrected chi connectivity index (χ4v) is 2.91. The Morgan fingerprint density at radius 1 is 1.26 bits per heavy atom. The van der Waals surface area contributed by atoms with Crippen LogP contribution in [0.1, 0.15) is 25.6 Å². The average Bonchev–Trinajstić information content (AvgIpc) is 2.98. The summed E-state index contributed by atoms with van der Waals surface area (Å²) >= 11 is 3.59. The van der Waals surface area contributed by atoms with Gasteiger partial charge in [-0.15, -0.1) is 0 Å².